The molecule has 4 aliphatic rings. The van der Waals surface area contributed by atoms with Gasteiger partial charge < -0.3 is 23.2 Å². The summed E-state index contributed by atoms with van der Waals surface area (Å²) in [6.45, 7) is 27.9. The number of nitrogens with zero attached hydrogens (tertiary/aromatic N) is 4. The summed E-state index contributed by atoms with van der Waals surface area (Å²) in [5, 5.41) is 29.3. The molecule has 0 amide bonds. The minimum Gasteiger partial charge on any atom is -0.455 e. The summed E-state index contributed by atoms with van der Waals surface area (Å²) in [5.74, 6) is 0. The molecule has 4 aliphatic heterocycles. The van der Waals surface area contributed by atoms with Gasteiger partial charge in [-0.25, -0.2) is 0 Å². The molecule has 7 heterocycles. The quantitative estimate of drug-likeness (QED) is 0.0905. The number of furan rings is 1. The Morgan fingerprint density at radius 3 is 1.03 bits per heavy atom. The van der Waals surface area contributed by atoms with Crippen LogP contribution in [-0.4, -0.2) is 22.7 Å². The van der Waals surface area contributed by atoms with Crippen molar-refractivity contribution in [1.82, 2.24) is 8.96 Å². The molecule has 0 saturated heterocycles. The van der Waals surface area contributed by atoms with Crippen LogP contribution < -0.4 is 31.7 Å². The lowest BCUT2D eigenvalue weighted by atomic mass is 9.44. The third-order valence-electron chi connectivity index (χ3n) is 34.2. The third kappa shape index (κ3) is 12.5. The molecule has 5 nitrogen and oxygen atoms in total. The zero-order valence-electron chi connectivity index (χ0n) is 85.6. The van der Waals surface area contributed by atoms with Crippen LogP contribution in [0.3, 0.4) is 0 Å². The van der Waals surface area contributed by atoms with Gasteiger partial charge in [0.15, 0.2) is 0 Å². The number of benzene rings is 24. The molecule has 704 valence electrons. The van der Waals surface area contributed by atoms with Gasteiger partial charge in [-0.05, 0) is 370 Å². The van der Waals surface area contributed by atoms with Gasteiger partial charge in [-0.15, -0.1) is 0 Å². The van der Waals surface area contributed by atoms with Gasteiger partial charge in [0, 0.05) is 105 Å². The van der Waals surface area contributed by atoms with Crippen LogP contribution in [0.5, 0.6) is 0 Å². The second-order valence-electron chi connectivity index (χ2n) is 47.0. The van der Waals surface area contributed by atoms with Gasteiger partial charge in [0.25, 0.3) is 0 Å². The predicted molar refractivity (Wildman–Crippen MR) is 640 cm³/mol. The number of anilines is 6. The Kier molecular flexibility index (Phi) is 17.7. The largest absolute Gasteiger partial charge is 0.455 e. The van der Waals surface area contributed by atoms with Crippen LogP contribution >= 0.6 is 0 Å². The summed E-state index contributed by atoms with van der Waals surface area (Å²) < 4.78 is 13.7. The van der Waals surface area contributed by atoms with E-state index in [1.54, 1.807) is 0 Å². The lowest BCUT2D eigenvalue weighted by molar-refractivity contribution is 0.590. The maximum atomic E-state index is 8.15. The van der Waals surface area contributed by atoms with E-state index in [2.05, 4.69) is 514 Å². The molecule has 7 heteroatoms. The molecule has 31 rings (SSSR count). The highest BCUT2D eigenvalue weighted by Gasteiger charge is 2.49. The topological polar surface area (TPSA) is 29.5 Å². The maximum Gasteiger partial charge on any atom is 0.333 e. The van der Waals surface area contributed by atoms with Crippen LogP contribution in [0.1, 0.15) is 105 Å². The van der Waals surface area contributed by atoms with E-state index in [9.17, 15) is 0 Å². The van der Waals surface area contributed by atoms with Gasteiger partial charge in [0.05, 0.1) is 0 Å². The highest BCUT2D eigenvalue weighted by Crippen LogP contribution is 2.58. The van der Waals surface area contributed by atoms with E-state index in [1.807, 2.05) is 0 Å². The van der Waals surface area contributed by atoms with Crippen molar-refractivity contribution in [1.29, 1.82) is 0 Å². The van der Waals surface area contributed by atoms with E-state index in [-0.39, 0.29) is 35.4 Å². The molecule has 0 saturated carbocycles. The third-order valence-corrected chi connectivity index (χ3v) is 34.2. The molecule has 24 aromatic carbocycles. The second-order valence-corrected chi connectivity index (χ2v) is 47.0. The Hall–Kier alpha value is -17.3. The molecule has 0 N–H and O–H groups in total. The molecule has 149 heavy (non-hydrogen) atoms. The van der Waals surface area contributed by atoms with Crippen molar-refractivity contribution >= 4 is 232 Å². The Balaban J connectivity index is 0.661. The van der Waals surface area contributed by atoms with Crippen LogP contribution in [0.25, 0.3) is 240 Å². The van der Waals surface area contributed by atoms with E-state index in [0.29, 0.717) is 0 Å². The highest BCUT2D eigenvalue weighted by molar-refractivity contribution is 6.91. The molecule has 0 radical (unpaired) electrons. The van der Waals surface area contributed by atoms with Gasteiger partial charge in [0.2, 0.25) is 0 Å². The van der Waals surface area contributed by atoms with Crippen LogP contribution in [0.2, 0.25) is 0 Å². The number of fused-ring (bicyclic) bond motifs is 34. The number of aromatic nitrogens is 2. The van der Waals surface area contributed by atoms with Crippen molar-refractivity contribution in [2.45, 2.75) is 105 Å². The smallest absolute Gasteiger partial charge is 0.333 e. The Labute approximate surface area is 866 Å². The Morgan fingerprint density at radius 2 is 0.570 bits per heavy atom. The fourth-order valence-corrected chi connectivity index (χ4v) is 26.9. The van der Waals surface area contributed by atoms with Gasteiger partial charge in [-0.3, -0.25) is 0 Å². The molecule has 0 fully saturated rings. The molecule has 0 aliphatic carbocycles. The van der Waals surface area contributed by atoms with Crippen molar-refractivity contribution in [2.24, 2.45) is 0 Å². The average Bonchev–Trinajstić information content (AvgIpc) is 1.56. The van der Waals surface area contributed by atoms with Crippen molar-refractivity contribution in [2.75, 3.05) is 9.80 Å². The standard InChI is InChI=1S/C142H104B2N4O/c1-139(2,3)95-53-56-124-115(74-95)117-76-97(141(7,8)9)78-120-132-102-43-26-25-42-85(102)70-128-134(132)143(147(124)136(117)120)122-68-92-65-113-107-48-31-32-49-109(107)131-101(50-33-51-110(131)114(113)67-94(92)72-126(122)145(128)99-60-87(81-34-17-13-18-35-81)58-88(61-99)82-36-19-14-20-37-82)86-52-55-108-119-80-129-135-133(138(119)149-130(108)73-86)121-79-98(142(10,11)12)77-118-116-75-96(140(4,5)6)54-57-125(116)148(137(118)121)144(135)123-69-91-64-111-105-46-29-27-44-103(105)104-45-28-30-47-106(104)112(111)66-93(91)71-127(123)146(129)100-62-89(83-38-21-15-22-39-83)59-90(63-100)84-40-23-16-24-41-84/h13-80H,1-12H3. The molecule has 3 aromatic heterocycles. The van der Waals surface area contributed by atoms with Crippen molar-refractivity contribution in [3.05, 3.63) is 435 Å². The van der Waals surface area contributed by atoms with E-state index in [0.717, 1.165) is 100 Å². The molecule has 0 spiro atoms. The zero-order valence-corrected chi connectivity index (χ0v) is 85.6. The van der Waals surface area contributed by atoms with Crippen molar-refractivity contribution in [3.8, 4) is 77.9 Å². The zero-order chi connectivity index (χ0) is 99.7. The first kappa shape index (κ1) is 86.1. The van der Waals surface area contributed by atoms with Gasteiger partial charge in [-0.2, -0.15) is 0 Å². The SMILES string of the molecule is CC(C)(C)c1ccc2c(c1)c1cc(C(C)(C)C)cc3c1n2B1c2cc4cc5c6ccccc6c6c(-c7ccc8c(c7)oc7c9c%10c(cc78)N(c7cc(-c8ccccc8)cc(-c8ccccc8)c7)c7cc8cc%11c%12ccccc%12c%12ccccc%12c%11cc8cc7B%10n7c8ccc(C(C)(C)C)cc8c8cc(C(C)(C)C)cc-9c87)cccc6c5cc4cc2N(c2cc(-c4ccccc4)cc(-c4ccccc4)c2)c2cc4ccccc4c-3c21. The molecule has 27 aromatic rings. The number of hydrogen-bond acceptors (Lipinski definition) is 3. The maximum absolute atomic E-state index is 8.15. The van der Waals surface area contributed by atoms with Crippen LogP contribution in [0, 0.1) is 0 Å². The van der Waals surface area contributed by atoms with Crippen LogP contribution in [-0.2, 0) is 21.7 Å². The fraction of sp³-hybridized carbons (Fsp3) is 0.113. The first-order valence-corrected chi connectivity index (χ1v) is 53.0. The fourth-order valence-electron chi connectivity index (χ4n) is 26.9. The average molecular weight is 1900 g/mol. The summed E-state index contributed by atoms with van der Waals surface area (Å²) in [5.41, 5.74) is 39.6. The normalized spacial score (nSPS) is 13.4. The summed E-state index contributed by atoms with van der Waals surface area (Å²) in [7, 11) is 0. The lowest BCUT2D eigenvalue weighted by Gasteiger charge is -2.41. The lowest BCUT2D eigenvalue weighted by Crippen LogP contribution is -2.56. The monoisotopic (exact) mass is 1900 g/mol. The second kappa shape index (κ2) is 30.7. The first-order valence-electron chi connectivity index (χ1n) is 53.0. The van der Waals surface area contributed by atoms with Crippen LogP contribution in [0.4, 0.5) is 34.1 Å². The minimum absolute atomic E-state index is 0.0809. The Morgan fingerprint density at radius 1 is 0.208 bits per heavy atom. The summed E-state index contributed by atoms with van der Waals surface area (Å²) in [4.78, 5) is 5.34. The summed E-state index contributed by atoms with van der Waals surface area (Å²) >= 11 is 0. The number of rotatable bonds is 7. The van der Waals surface area contributed by atoms with Crippen LogP contribution in [0.15, 0.2) is 417 Å². The van der Waals surface area contributed by atoms with E-state index in [1.165, 1.54) is 218 Å². The van der Waals surface area contributed by atoms with E-state index in [4.69, 9.17) is 4.42 Å². The molecule has 0 bridgehead atoms. The molecule has 0 unspecified atom stereocenters. The van der Waals surface area contributed by atoms with E-state index >= 15 is 0 Å². The highest BCUT2D eigenvalue weighted by atomic mass is 16.3. The predicted octanol–water partition coefficient (Wildman–Crippen LogP) is 36.5. The summed E-state index contributed by atoms with van der Waals surface area (Å²) in [6, 6.07) is 160. The van der Waals surface area contributed by atoms with Crippen molar-refractivity contribution < 1.29 is 4.42 Å². The molecular weight excluding hydrogens is 1800 g/mol. The number of hydrogen-bond donors (Lipinski definition) is 0. The summed E-state index contributed by atoms with van der Waals surface area (Å²) in [6.07, 6.45) is 0. The molecule has 0 atom stereocenters. The van der Waals surface area contributed by atoms with Gasteiger partial charge in [-0.1, -0.05) is 350 Å². The van der Waals surface area contributed by atoms with E-state index < -0.39 is 0 Å². The minimum atomic E-state index is -0.315. The Bertz CT molecular complexity index is 10600. The molecular formula is C142H104B2N4O. The van der Waals surface area contributed by atoms with Gasteiger partial charge >= 0.3 is 13.7 Å². The van der Waals surface area contributed by atoms with Gasteiger partial charge in [0.1, 0.15) is 11.2 Å². The first-order chi connectivity index (χ1) is 72.4. The van der Waals surface area contributed by atoms with Crippen molar-refractivity contribution in [3.63, 3.8) is 0 Å².